The first-order valence-electron chi connectivity index (χ1n) is 9.02. The highest BCUT2D eigenvalue weighted by molar-refractivity contribution is 7.89. The quantitative estimate of drug-likeness (QED) is 0.619. The lowest BCUT2D eigenvalue weighted by atomic mass is 9.84. The molecule has 2 rings (SSSR count). The molecule has 1 aromatic carbocycles. The summed E-state index contributed by atoms with van der Waals surface area (Å²) in [6.07, 6.45) is 5.93. The molecule has 1 aliphatic rings. The van der Waals surface area contributed by atoms with Crippen LogP contribution in [-0.4, -0.2) is 32.7 Å². The van der Waals surface area contributed by atoms with Crippen molar-refractivity contribution in [3.63, 3.8) is 0 Å². The van der Waals surface area contributed by atoms with E-state index in [1.807, 2.05) is 0 Å². The van der Waals surface area contributed by atoms with Crippen LogP contribution in [0.2, 0.25) is 0 Å². The van der Waals surface area contributed by atoms with Gasteiger partial charge in [0.2, 0.25) is 10.0 Å². The summed E-state index contributed by atoms with van der Waals surface area (Å²) in [5.74, 6) is 0.391. The van der Waals surface area contributed by atoms with E-state index in [0.29, 0.717) is 18.0 Å². The van der Waals surface area contributed by atoms with Crippen molar-refractivity contribution in [2.45, 2.75) is 51.6 Å². The Bertz CT molecular complexity index is 659. The standard InChI is InChI=1S/C18H29N3O3S.ClH/c1-2-25(23,24)20-13-14-8-10-16(11-9-14)18(22)21-17(12-19)15-6-4-3-5-7-15;/h8-11,15,17,20H,2-7,12-13,19H2,1H3,(H,21,22);1H. The SMILES string of the molecule is CCS(=O)(=O)NCc1ccc(C(=O)NC(CN)C2CCCCC2)cc1.Cl. The summed E-state index contributed by atoms with van der Waals surface area (Å²) in [4.78, 5) is 12.5. The van der Waals surface area contributed by atoms with Gasteiger partial charge < -0.3 is 11.1 Å². The molecule has 8 heteroatoms. The molecule has 1 saturated carbocycles. The van der Waals surface area contributed by atoms with Crippen LogP contribution >= 0.6 is 12.4 Å². The molecule has 0 radical (unpaired) electrons. The van der Waals surface area contributed by atoms with Crippen LogP contribution in [0.15, 0.2) is 24.3 Å². The summed E-state index contributed by atoms with van der Waals surface area (Å²) in [5.41, 5.74) is 7.25. The number of carbonyl (C=O) groups is 1. The zero-order valence-electron chi connectivity index (χ0n) is 15.2. The predicted molar refractivity (Wildman–Crippen MR) is 107 cm³/mol. The molecule has 0 heterocycles. The lowest BCUT2D eigenvalue weighted by molar-refractivity contribution is 0.0915. The van der Waals surface area contributed by atoms with E-state index in [-0.39, 0.29) is 36.7 Å². The van der Waals surface area contributed by atoms with Crippen LogP contribution in [0.3, 0.4) is 0 Å². The minimum atomic E-state index is -3.22. The number of rotatable bonds is 8. The second-order valence-electron chi connectivity index (χ2n) is 6.64. The predicted octanol–water partition coefficient (Wildman–Crippen LogP) is 2.19. The van der Waals surface area contributed by atoms with Gasteiger partial charge in [-0.3, -0.25) is 4.79 Å². The van der Waals surface area contributed by atoms with Crippen molar-refractivity contribution < 1.29 is 13.2 Å². The van der Waals surface area contributed by atoms with E-state index in [4.69, 9.17) is 5.73 Å². The molecule has 26 heavy (non-hydrogen) atoms. The fraction of sp³-hybridized carbons (Fsp3) is 0.611. The highest BCUT2D eigenvalue weighted by atomic mass is 35.5. The van der Waals surface area contributed by atoms with Crippen molar-refractivity contribution in [3.05, 3.63) is 35.4 Å². The normalized spacial score (nSPS) is 16.5. The Labute approximate surface area is 162 Å². The number of hydrogen-bond acceptors (Lipinski definition) is 4. The maximum absolute atomic E-state index is 12.5. The number of amides is 1. The van der Waals surface area contributed by atoms with E-state index in [0.717, 1.165) is 18.4 Å². The second kappa shape index (κ2) is 10.9. The first-order chi connectivity index (χ1) is 11.9. The van der Waals surface area contributed by atoms with Crippen LogP contribution in [0.25, 0.3) is 0 Å². The number of benzene rings is 1. The smallest absolute Gasteiger partial charge is 0.251 e. The highest BCUT2D eigenvalue weighted by Gasteiger charge is 2.24. The molecule has 0 saturated heterocycles. The molecule has 0 spiro atoms. The van der Waals surface area contributed by atoms with Gasteiger partial charge in [0, 0.05) is 24.7 Å². The molecule has 0 aliphatic heterocycles. The van der Waals surface area contributed by atoms with Crippen LogP contribution in [0.4, 0.5) is 0 Å². The van der Waals surface area contributed by atoms with Gasteiger partial charge in [0.15, 0.2) is 0 Å². The van der Waals surface area contributed by atoms with Gasteiger partial charge in [-0.2, -0.15) is 0 Å². The molecule has 1 amide bonds. The topological polar surface area (TPSA) is 101 Å². The van der Waals surface area contributed by atoms with Gasteiger partial charge in [0.05, 0.1) is 5.75 Å². The minimum absolute atomic E-state index is 0. The second-order valence-corrected chi connectivity index (χ2v) is 8.73. The number of nitrogens with two attached hydrogens (primary N) is 1. The summed E-state index contributed by atoms with van der Waals surface area (Å²) in [6.45, 7) is 2.27. The van der Waals surface area contributed by atoms with E-state index >= 15 is 0 Å². The van der Waals surface area contributed by atoms with Gasteiger partial charge >= 0.3 is 0 Å². The Morgan fingerprint density at radius 1 is 1.19 bits per heavy atom. The van der Waals surface area contributed by atoms with Crippen LogP contribution in [-0.2, 0) is 16.6 Å². The maximum Gasteiger partial charge on any atom is 0.251 e. The first-order valence-corrected chi connectivity index (χ1v) is 10.7. The lowest BCUT2D eigenvalue weighted by Crippen LogP contribution is -2.45. The Morgan fingerprint density at radius 2 is 1.81 bits per heavy atom. The van der Waals surface area contributed by atoms with Crippen molar-refractivity contribution in [2.75, 3.05) is 12.3 Å². The van der Waals surface area contributed by atoms with E-state index in [1.165, 1.54) is 19.3 Å². The molecular weight excluding hydrogens is 374 g/mol. The van der Waals surface area contributed by atoms with Crippen LogP contribution in [0.5, 0.6) is 0 Å². The minimum Gasteiger partial charge on any atom is -0.348 e. The van der Waals surface area contributed by atoms with Gasteiger partial charge in [-0.05, 0) is 43.4 Å². The summed E-state index contributed by atoms with van der Waals surface area (Å²) in [7, 11) is -3.22. The molecule has 1 fully saturated rings. The van der Waals surface area contributed by atoms with E-state index < -0.39 is 10.0 Å². The summed E-state index contributed by atoms with van der Waals surface area (Å²) in [5, 5.41) is 3.06. The van der Waals surface area contributed by atoms with E-state index in [2.05, 4.69) is 10.0 Å². The molecule has 4 N–H and O–H groups in total. The van der Waals surface area contributed by atoms with Crippen molar-refractivity contribution in [1.29, 1.82) is 0 Å². The summed E-state index contributed by atoms with van der Waals surface area (Å²) >= 11 is 0. The van der Waals surface area contributed by atoms with E-state index in [1.54, 1.807) is 31.2 Å². The average Bonchev–Trinajstić information content (AvgIpc) is 2.65. The average molecular weight is 404 g/mol. The third-order valence-electron chi connectivity index (χ3n) is 4.88. The van der Waals surface area contributed by atoms with E-state index in [9.17, 15) is 13.2 Å². The fourth-order valence-electron chi connectivity index (χ4n) is 3.23. The van der Waals surface area contributed by atoms with Gasteiger partial charge in [0.25, 0.3) is 5.91 Å². The van der Waals surface area contributed by atoms with Gasteiger partial charge in [-0.1, -0.05) is 31.4 Å². The number of sulfonamides is 1. The monoisotopic (exact) mass is 403 g/mol. The molecule has 0 bridgehead atoms. The van der Waals surface area contributed by atoms with Crippen LogP contribution in [0, 0.1) is 5.92 Å². The molecule has 1 atom stereocenters. The first kappa shape index (κ1) is 22.9. The molecule has 1 aromatic rings. The summed E-state index contributed by atoms with van der Waals surface area (Å²) in [6, 6.07) is 7.00. The molecule has 1 unspecified atom stereocenters. The van der Waals surface area contributed by atoms with Gasteiger partial charge in [-0.25, -0.2) is 13.1 Å². The molecular formula is C18H30ClN3O3S. The number of nitrogens with one attached hydrogen (secondary N) is 2. The number of hydrogen-bond donors (Lipinski definition) is 3. The Hall–Kier alpha value is -1.15. The maximum atomic E-state index is 12.5. The molecule has 0 aromatic heterocycles. The fourth-order valence-corrected chi connectivity index (χ4v) is 3.82. The Morgan fingerprint density at radius 3 is 2.35 bits per heavy atom. The van der Waals surface area contributed by atoms with Crippen LogP contribution in [0.1, 0.15) is 54.9 Å². The third-order valence-corrected chi connectivity index (χ3v) is 6.23. The van der Waals surface area contributed by atoms with Crippen molar-refractivity contribution in [1.82, 2.24) is 10.0 Å². The van der Waals surface area contributed by atoms with Gasteiger partial charge in [0.1, 0.15) is 0 Å². The Balaban J connectivity index is 0.00000338. The summed E-state index contributed by atoms with van der Waals surface area (Å²) < 4.78 is 25.4. The Kier molecular flexibility index (Phi) is 9.57. The number of carbonyl (C=O) groups excluding carboxylic acids is 1. The van der Waals surface area contributed by atoms with Crippen molar-refractivity contribution >= 4 is 28.3 Å². The lowest BCUT2D eigenvalue weighted by Gasteiger charge is -2.30. The largest absolute Gasteiger partial charge is 0.348 e. The zero-order chi connectivity index (χ0) is 18.3. The third kappa shape index (κ3) is 6.87. The van der Waals surface area contributed by atoms with Crippen LogP contribution < -0.4 is 15.8 Å². The zero-order valence-corrected chi connectivity index (χ0v) is 16.9. The van der Waals surface area contributed by atoms with Crippen molar-refractivity contribution in [3.8, 4) is 0 Å². The molecule has 6 nitrogen and oxygen atoms in total. The van der Waals surface area contributed by atoms with Crippen molar-refractivity contribution in [2.24, 2.45) is 11.7 Å². The molecule has 1 aliphatic carbocycles. The van der Waals surface area contributed by atoms with Gasteiger partial charge in [-0.15, -0.1) is 12.4 Å². The molecule has 148 valence electrons. The highest BCUT2D eigenvalue weighted by Crippen LogP contribution is 2.26. The number of halogens is 1.